The van der Waals surface area contributed by atoms with Gasteiger partial charge in [0.25, 0.3) is 5.91 Å². The summed E-state index contributed by atoms with van der Waals surface area (Å²) in [6.45, 7) is 0.624. The van der Waals surface area contributed by atoms with Gasteiger partial charge >= 0.3 is 0 Å². The van der Waals surface area contributed by atoms with E-state index in [1.165, 1.54) is 6.07 Å². The highest BCUT2D eigenvalue weighted by molar-refractivity contribution is 6.28. The molecule has 1 fully saturated rings. The van der Waals surface area contributed by atoms with Crippen molar-refractivity contribution in [2.45, 2.75) is 18.9 Å². The summed E-state index contributed by atoms with van der Waals surface area (Å²) in [4.78, 5) is 31.8. The fourth-order valence-corrected chi connectivity index (χ4v) is 2.19. The zero-order valence-electron chi connectivity index (χ0n) is 9.47. The average Bonchev–Trinajstić information content (AvgIpc) is 2.76. The van der Waals surface area contributed by atoms with Crippen LogP contribution >= 0.6 is 11.6 Å². The summed E-state index contributed by atoms with van der Waals surface area (Å²) in [5.41, 5.74) is 10.5. The number of carbonyl (C=O) groups is 2. The minimum absolute atomic E-state index is 0.0140. The number of amides is 2. The van der Waals surface area contributed by atoms with Crippen LogP contribution in [0.2, 0.25) is 5.28 Å². The van der Waals surface area contributed by atoms with Crippen LogP contribution in [-0.2, 0) is 4.79 Å². The first-order valence-corrected chi connectivity index (χ1v) is 5.77. The van der Waals surface area contributed by atoms with Crippen LogP contribution in [0.15, 0.2) is 6.07 Å². The Labute approximate surface area is 108 Å². The molecule has 96 valence electrons. The van der Waals surface area contributed by atoms with E-state index >= 15 is 0 Å². The summed E-state index contributed by atoms with van der Waals surface area (Å²) in [5, 5.41) is -0.0866. The molecule has 2 rings (SSSR count). The first-order chi connectivity index (χ1) is 8.49. The second kappa shape index (κ2) is 4.77. The molecule has 1 aliphatic rings. The standard InChI is InChI=1S/C10H12ClN5O2/c11-10-14-5(8(12)17)4-7(15-10)16-3-1-2-6(16)9(13)18/h4,6H,1-3H2,(H2,12,17)(H2,13,18)/t6-/m0/s1. The van der Waals surface area contributed by atoms with Crippen LogP contribution in [0, 0.1) is 0 Å². The number of carbonyl (C=O) groups excluding carboxylic acids is 2. The highest BCUT2D eigenvalue weighted by Crippen LogP contribution is 2.25. The smallest absolute Gasteiger partial charge is 0.267 e. The van der Waals surface area contributed by atoms with Gasteiger partial charge in [0.1, 0.15) is 17.6 Å². The van der Waals surface area contributed by atoms with Crippen LogP contribution in [-0.4, -0.2) is 34.4 Å². The number of nitrogens with two attached hydrogens (primary N) is 2. The molecule has 0 aromatic carbocycles. The zero-order chi connectivity index (χ0) is 13.3. The first kappa shape index (κ1) is 12.6. The van der Waals surface area contributed by atoms with Gasteiger partial charge in [0.2, 0.25) is 11.2 Å². The fourth-order valence-electron chi connectivity index (χ4n) is 2.02. The molecular formula is C10H12ClN5O2. The molecule has 7 nitrogen and oxygen atoms in total. The Kier molecular flexibility index (Phi) is 3.33. The maximum Gasteiger partial charge on any atom is 0.267 e. The van der Waals surface area contributed by atoms with E-state index in [0.717, 1.165) is 6.42 Å². The van der Waals surface area contributed by atoms with Gasteiger partial charge < -0.3 is 16.4 Å². The second-order valence-electron chi connectivity index (χ2n) is 4.00. The molecule has 2 heterocycles. The molecule has 0 bridgehead atoms. The normalized spacial score (nSPS) is 18.9. The Morgan fingerprint density at radius 2 is 2.11 bits per heavy atom. The number of halogens is 1. The Bertz CT molecular complexity index is 507. The molecule has 0 aliphatic carbocycles. The molecule has 1 aromatic heterocycles. The Hall–Kier alpha value is -1.89. The van der Waals surface area contributed by atoms with Gasteiger partial charge in [-0.25, -0.2) is 9.97 Å². The minimum Gasteiger partial charge on any atom is -0.368 e. The fraction of sp³-hybridized carbons (Fsp3) is 0.400. The van der Waals surface area contributed by atoms with Crippen molar-refractivity contribution >= 4 is 29.2 Å². The lowest BCUT2D eigenvalue weighted by Gasteiger charge is -2.23. The van der Waals surface area contributed by atoms with Crippen LogP contribution < -0.4 is 16.4 Å². The van der Waals surface area contributed by atoms with Crippen molar-refractivity contribution in [2.24, 2.45) is 11.5 Å². The quantitative estimate of drug-likeness (QED) is 0.730. The average molecular weight is 270 g/mol. The molecule has 18 heavy (non-hydrogen) atoms. The van der Waals surface area contributed by atoms with Crippen LogP contribution in [0.1, 0.15) is 23.3 Å². The van der Waals surface area contributed by atoms with Crippen molar-refractivity contribution in [3.8, 4) is 0 Å². The van der Waals surface area contributed by atoms with Crippen molar-refractivity contribution < 1.29 is 9.59 Å². The van der Waals surface area contributed by atoms with E-state index in [9.17, 15) is 9.59 Å². The van der Waals surface area contributed by atoms with E-state index < -0.39 is 17.9 Å². The molecule has 2 amide bonds. The molecule has 1 atom stereocenters. The molecule has 0 saturated carbocycles. The molecule has 1 aromatic rings. The number of aromatic nitrogens is 2. The number of rotatable bonds is 3. The summed E-state index contributed by atoms with van der Waals surface area (Å²) < 4.78 is 0. The number of primary amides is 2. The van der Waals surface area contributed by atoms with Crippen molar-refractivity contribution in [1.29, 1.82) is 0 Å². The van der Waals surface area contributed by atoms with Gasteiger partial charge in [-0.2, -0.15) is 0 Å². The molecular weight excluding hydrogens is 258 g/mol. The molecule has 0 spiro atoms. The minimum atomic E-state index is -0.699. The maximum absolute atomic E-state index is 11.3. The summed E-state index contributed by atoms with van der Waals surface area (Å²) in [6, 6.07) is 0.979. The lowest BCUT2D eigenvalue weighted by molar-refractivity contribution is -0.119. The maximum atomic E-state index is 11.3. The van der Waals surface area contributed by atoms with Crippen LogP contribution in [0.4, 0.5) is 5.82 Å². The number of hydrogen-bond donors (Lipinski definition) is 2. The van der Waals surface area contributed by atoms with E-state index in [1.807, 2.05) is 0 Å². The third-order valence-corrected chi connectivity index (χ3v) is 2.98. The monoisotopic (exact) mass is 269 g/mol. The van der Waals surface area contributed by atoms with Gasteiger partial charge in [0.05, 0.1) is 0 Å². The predicted molar refractivity (Wildman–Crippen MR) is 65.1 cm³/mol. The third kappa shape index (κ3) is 2.35. The van der Waals surface area contributed by atoms with E-state index in [4.69, 9.17) is 23.1 Å². The van der Waals surface area contributed by atoms with E-state index in [0.29, 0.717) is 18.8 Å². The Balaban J connectivity index is 2.38. The predicted octanol–water partition coefficient (Wildman–Crippen LogP) is -0.317. The van der Waals surface area contributed by atoms with Crippen molar-refractivity contribution in [3.05, 3.63) is 17.0 Å². The van der Waals surface area contributed by atoms with E-state index in [1.54, 1.807) is 4.90 Å². The van der Waals surface area contributed by atoms with Crippen LogP contribution in [0.3, 0.4) is 0 Å². The van der Waals surface area contributed by atoms with Crippen molar-refractivity contribution in [1.82, 2.24) is 9.97 Å². The number of anilines is 1. The second-order valence-corrected chi connectivity index (χ2v) is 4.34. The Morgan fingerprint density at radius 1 is 1.39 bits per heavy atom. The van der Waals surface area contributed by atoms with E-state index in [-0.39, 0.29) is 11.0 Å². The first-order valence-electron chi connectivity index (χ1n) is 5.39. The van der Waals surface area contributed by atoms with Crippen LogP contribution in [0.25, 0.3) is 0 Å². The zero-order valence-corrected chi connectivity index (χ0v) is 10.2. The third-order valence-electron chi connectivity index (χ3n) is 2.81. The lowest BCUT2D eigenvalue weighted by atomic mass is 10.2. The van der Waals surface area contributed by atoms with Gasteiger partial charge in [0.15, 0.2) is 0 Å². The van der Waals surface area contributed by atoms with Gasteiger partial charge in [-0.1, -0.05) is 0 Å². The molecule has 0 radical (unpaired) electrons. The SMILES string of the molecule is NC(=O)c1cc(N2CCC[C@H]2C(N)=O)nc(Cl)n1. The van der Waals surface area contributed by atoms with E-state index in [2.05, 4.69) is 9.97 Å². The summed E-state index contributed by atoms with van der Waals surface area (Å²) in [6.07, 6.45) is 1.48. The molecule has 0 unspecified atom stereocenters. The highest BCUT2D eigenvalue weighted by Gasteiger charge is 2.30. The summed E-state index contributed by atoms with van der Waals surface area (Å²) >= 11 is 5.73. The number of hydrogen-bond acceptors (Lipinski definition) is 5. The molecule has 1 saturated heterocycles. The van der Waals surface area contributed by atoms with Crippen LogP contribution in [0.5, 0.6) is 0 Å². The molecule has 8 heteroatoms. The Morgan fingerprint density at radius 3 is 2.72 bits per heavy atom. The summed E-state index contributed by atoms with van der Waals surface area (Å²) in [7, 11) is 0. The topological polar surface area (TPSA) is 115 Å². The highest BCUT2D eigenvalue weighted by atomic mass is 35.5. The van der Waals surface area contributed by atoms with Gasteiger partial charge in [-0.3, -0.25) is 9.59 Å². The molecule has 1 aliphatic heterocycles. The summed E-state index contributed by atoms with van der Waals surface area (Å²) in [5.74, 6) is -0.733. The van der Waals surface area contributed by atoms with Gasteiger partial charge in [-0.05, 0) is 24.4 Å². The van der Waals surface area contributed by atoms with Crippen molar-refractivity contribution in [2.75, 3.05) is 11.4 Å². The lowest BCUT2D eigenvalue weighted by Crippen LogP contribution is -2.41. The van der Waals surface area contributed by atoms with Gasteiger partial charge in [0, 0.05) is 12.6 Å². The van der Waals surface area contributed by atoms with Crippen molar-refractivity contribution in [3.63, 3.8) is 0 Å². The number of nitrogens with zero attached hydrogens (tertiary/aromatic N) is 3. The largest absolute Gasteiger partial charge is 0.368 e. The van der Waals surface area contributed by atoms with Gasteiger partial charge in [-0.15, -0.1) is 0 Å². The molecule has 4 N–H and O–H groups in total.